The first-order chi connectivity index (χ1) is 5.82. The largest absolute Gasteiger partial charge is 0.416 e. The van der Waals surface area contributed by atoms with Crippen LogP contribution in [0.25, 0.3) is 0 Å². The Morgan fingerprint density at radius 2 is 1.46 bits per heavy atom. The molecule has 0 aliphatic heterocycles. The maximum Gasteiger partial charge on any atom is 0.416 e. The SMILES string of the molecule is Nc1c(I)cc(C(F)(F)F)cc1I. The summed E-state index contributed by atoms with van der Waals surface area (Å²) < 4.78 is 37.6. The minimum Gasteiger partial charge on any atom is -0.397 e. The van der Waals surface area contributed by atoms with Gasteiger partial charge in [-0.15, -0.1) is 0 Å². The molecule has 1 rings (SSSR count). The summed E-state index contributed by atoms with van der Waals surface area (Å²) in [4.78, 5) is 0. The zero-order valence-electron chi connectivity index (χ0n) is 6.12. The monoisotopic (exact) mass is 413 g/mol. The smallest absolute Gasteiger partial charge is 0.397 e. The van der Waals surface area contributed by atoms with Crippen molar-refractivity contribution in [2.45, 2.75) is 6.18 Å². The molecule has 1 aromatic rings. The first-order valence-electron chi connectivity index (χ1n) is 3.14. The maximum atomic E-state index is 12.2. The first-order valence-corrected chi connectivity index (χ1v) is 5.30. The molecule has 0 aliphatic carbocycles. The van der Waals surface area contributed by atoms with E-state index in [9.17, 15) is 13.2 Å². The highest BCUT2D eigenvalue weighted by Gasteiger charge is 2.31. The molecule has 2 N–H and O–H groups in total. The predicted octanol–water partition coefficient (Wildman–Crippen LogP) is 3.50. The molecule has 6 heteroatoms. The average molecular weight is 413 g/mol. The van der Waals surface area contributed by atoms with Gasteiger partial charge in [0, 0.05) is 7.14 Å². The van der Waals surface area contributed by atoms with Crippen molar-refractivity contribution in [1.29, 1.82) is 0 Å². The molecule has 0 atom stereocenters. The summed E-state index contributed by atoms with van der Waals surface area (Å²) in [5.41, 5.74) is 5.25. The Morgan fingerprint density at radius 3 is 1.77 bits per heavy atom. The van der Waals surface area contributed by atoms with Gasteiger partial charge in [0.2, 0.25) is 0 Å². The van der Waals surface area contributed by atoms with E-state index < -0.39 is 11.7 Å². The number of rotatable bonds is 0. The van der Waals surface area contributed by atoms with Crippen molar-refractivity contribution < 1.29 is 13.2 Å². The van der Waals surface area contributed by atoms with E-state index in [0.717, 1.165) is 12.1 Å². The second-order valence-corrected chi connectivity index (χ2v) is 4.68. The van der Waals surface area contributed by atoms with Crippen LogP contribution >= 0.6 is 45.2 Å². The van der Waals surface area contributed by atoms with Crippen LogP contribution in [0.3, 0.4) is 0 Å². The molecular weight excluding hydrogens is 409 g/mol. The van der Waals surface area contributed by atoms with E-state index in [0.29, 0.717) is 12.8 Å². The molecule has 0 unspecified atom stereocenters. The molecule has 0 amide bonds. The summed E-state index contributed by atoms with van der Waals surface area (Å²) in [5, 5.41) is 0. The van der Waals surface area contributed by atoms with Gasteiger partial charge in [0.25, 0.3) is 0 Å². The van der Waals surface area contributed by atoms with Crippen molar-refractivity contribution in [2.75, 3.05) is 5.73 Å². The van der Waals surface area contributed by atoms with Crippen molar-refractivity contribution in [3.8, 4) is 0 Å². The molecule has 0 heterocycles. The highest BCUT2D eigenvalue weighted by molar-refractivity contribution is 14.1. The van der Waals surface area contributed by atoms with Gasteiger partial charge in [-0.2, -0.15) is 13.2 Å². The fourth-order valence-corrected chi connectivity index (χ4v) is 2.52. The second-order valence-electron chi connectivity index (χ2n) is 2.35. The van der Waals surface area contributed by atoms with E-state index >= 15 is 0 Å². The summed E-state index contributed by atoms with van der Waals surface area (Å²) in [6.45, 7) is 0. The Hall–Kier alpha value is 0.270. The van der Waals surface area contributed by atoms with Crippen LogP contribution in [0.4, 0.5) is 18.9 Å². The standard InChI is InChI=1S/C7H4F3I2N/c8-7(9,10)3-1-4(11)6(13)5(12)2-3/h1-2H,13H2. The summed E-state index contributed by atoms with van der Waals surface area (Å²) in [6.07, 6.45) is -4.30. The van der Waals surface area contributed by atoms with Crippen molar-refractivity contribution in [3.05, 3.63) is 24.8 Å². The summed E-state index contributed by atoms with van der Waals surface area (Å²) in [6, 6.07) is 2.08. The van der Waals surface area contributed by atoms with E-state index in [4.69, 9.17) is 5.73 Å². The third kappa shape index (κ3) is 2.61. The Kier molecular flexibility index (Phi) is 3.31. The number of anilines is 1. The van der Waals surface area contributed by atoms with E-state index in [2.05, 4.69) is 0 Å². The number of benzene rings is 1. The fraction of sp³-hybridized carbons (Fsp3) is 0.143. The van der Waals surface area contributed by atoms with Gasteiger partial charge < -0.3 is 5.73 Å². The summed E-state index contributed by atoms with van der Waals surface area (Å²) in [5.74, 6) is 0. The lowest BCUT2D eigenvalue weighted by Crippen LogP contribution is -2.07. The quantitative estimate of drug-likeness (QED) is 0.512. The zero-order valence-corrected chi connectivity index (χ0v) is 10.4. The van der Waals surface area contributed by atoms with Crippen LogP contribution in [0.5, 0.6) is 0 Å². The Morgan fingerprint density at radius 1 is 1.08 bits per heavy atom. The van der Waals surface area contributed by atoms with Gasteiger partial charge in [0.15, 0.2) is 0 Å². The van der Waals surface area contributed by atoms with Gasteiger partial charge >= 0.3 is 6.18 Å². The molecule has 72 valence electrons. The van der Waals surface area contributed by atoms with Crippen LogP contribution < -0.4 is 5.73 Å². The first kappa shape index (κ1) is 11.3. The van der Waals surface area contributed by atoms with Crippen molar-refractivity contribution in [2.24, 2.45) is 0 Å². The second kappa shape index (κ2) is 3.79. The molecule has 0 aliphatic rings. The fourth-order valence-electron chi connectivity index (χ4n) is 0.748. The molecule has 0 fully saturated rings. The van der Waals surface area contributed by atoms with Gasteiger partial charge in [0.05, 0.1) is 11.3 Å². The Bertz CT molecular complexity index is 312. The van der Waals surface area contributed by atoms with Crippen LogP contribution in [-0.4, -0.2) is 0 Å². The molecular formula is C7H4F3I2N. The number of nitrogen functional groups attached to an aromatic ring is 1. The summed E-state index contributed by atoms with van der Waals surface area (Å²) in [7, 11) is 0. The third-order valence-electron chi connectivity index (χ3n) is 1.41. The Labute approximate surface area is 100 Å². The van der Waals surface area contributed by atoms with E-state index in [1.807, 2.05) is 0 Å². The predicted molar refractivity (Wildman–Crippen MR) is 61.3 cm³/mol. The van der Waals surface area contributed by atoms with E-state index in [1.54, 1.807) is 45.2 Å². The molecule has 0 spiro atoms. The normalized spacial score (nSPS) is 11.8. The van der Waals surface area contributed by atoms with Gasteiger partial charge in [-0.1, -0.05) is 0 Å². The lowest BCUT2D eigenvalue weighted by atomic mass is 10.2. The molecule has 0 saturated carbocycles. The molecule has 0 radical (unpaired) electrons. The topological polar surface area (TPSA) is 26.0 Å². The molecule has 0 bridgehead atoms. The summed E-state index contributed by atoms with van der Waals surface area (Å²) >= 11 is 3.57. The van der Waals surface area contributed by atoms with Crippen LogP contribution in [0, 0.1) is 7.14 Å². The van der Waals surface area contributed by atoms with Crippen molar-refractivity contribution in [3.63, 3.8) is 0 Å². The zero-order chi connectivity index (χ0) is 10.2. The minimum atomic E-state index is -4.30. The van der Waals surface area contributed by atoms with Gasteiger partial charge in [-0.05, 0) is 57.3 Å². The third-order valence-corrected chi connectivity index (χ3v) is 3.19. The number of hydrogen-bond acceptors (Lipinski definition) is 1. The van der Waals surface area contributed by atoms with Crippen molar-refractivity contribution >= 4 is 50.9 Å². The van der Waals surface area contributed by atoms with Crippen LogP contribution in [0.2, 0.25) is 0 Å². The number of hydrogen-bond donors (Lipinski definition) is 1. The van der Waals surface area contributed by atoms with Crippen LogP contribution in [-0.2, 0) is 6.18 Å². The van der Waals surface area contributed by atoms with Crippen molar-refractivity contribution in [1.82, 2.24) is 0 Å². The maximum absolute atomic E-state index is 12.2. The highest BCUT2D eigenvalue weighted by atomic mass is 127. The van der Waals surface area contributed by atoms with Gasteiger partial charge in [-0.25, -0.2) is 0 Å². The minimum absolute atomic E-state index is 0.397. The number of alkyl halides is 3. The van der Waals surface area contributed by atoms with E-state index in [-0.39, 0.29) is 0 Å². The average Bonchev–Trinajstić information content (AvgIpc) is 1.97. The lowest BCUT2D eigenvalue weighted by molar-refractivity contribution is -0.137. The van der Waals surface area contributed by atoms with Gasteiger partial charge in [0.1, 0.15) is 0 Å². The number of nitrogens with two attached hydrogens (primary N) is 1. The molecule has 0 saturated heterocycles. The van der Waals surface area contributed by atoms with Crippen LogP contribution in [0.15, 0.2) is 12.1 Å². The molecule has 1 nitrogen and oxygen atoms in total. The Balaban J connectivity index is 3.29. The van der Waals surface area contributed by atoms with Gasteiger partial charge in [-0.3, -0.25) is 0 Å². The lowest BCUT2D eigenvalue weighted by Gasteiger charge is -2.09. The van der Waals surface area contributed by atoms with Crippen LogP contribution in [0.1, 0.15) is 5.56 Å². The highest BCUT2D eigenvalue weighted by Crippen LogP contribution is 2.33. The van der Waals surface area contributed by atoms with E-state index in [1.165, 1.54) is 0 Å². The molecule has 0 aromatic heterocycles. The molecule has 1 aromatic carbocycles. The number of halogens is 5. The molecule has 13 heavy (non-hydrogen) atoms.